The van der Waals surface area contributed by atoms with Crippen LogP contribution in [0.4, 0.5) is 4.79 Å². The maximum Gasteiger partial charge on any atom is 0.408 e. The third-order valence-corrected chi connectivity index (χ3v) is 6.27. The molecule has 1 aromatic heterocycles. The van der Waals surface area contributed by atoms with E-state index in [0.29, 0.717) is 47.7 Å². The Morgan fingerprint density at radius 1 is 0.974 bits per heavy atom. The monoisotopic (exact) mass is 522 g/mol. The Morgan fingerprint density at radius 2 is 1.66 bits per heavy atom. The third kappa shape index (κ3) is 7.30. The average molecular weight is 523 g/mol. The van der Waals surface area contributed by atoms with Gasteiger partial charge >= 0.3 is 6.09 Å². The van der Waals surface area contributed by atoms with Crippen molar-refractivity contribution in [3.05, 3.63) is 70.1 Å². The second-order valence-electron chi connectivity index (χ2n) is 12.0. The predicted molar refractivity (Wildman–Crippen MR) is 152 cm³/mol. The molecule has 0 radical (unpaired) electrons. The molecule has 0 aliphatic rings. The van der Waals surface area contributed by atoms with Crippen LogP contribution in [0.2, 0.25) is 0 Å². The van der Waals surface area contributed by atoms with Crippen molar-refractivity contribution >= 4 is 16.9 Å². The number of pyridine rings is 1. The number of nitrogens with zero attached hydrogens (tertiary/aromatic N) is 2. The first-order chi connectivity index (χ1) is 17.8. The van der Waals surface area contributed by atoms with Gasteiger partial charge in [-0.25, -0.2) is 4.79 Å². The fourth-order valence-corrected chi connectivity index (χ4v) is 4.29. The molecule has 3 aromatic rings. The molecule has 7 heteroatoms. The summed E-state index contributed by atoms with van der Waals surface area (Å²) < 4.78 is 14.1. The van der Waals surface area contributed by atoms with Gasteiger partial charge in [-0.05, 0) is 56.4 Å². The van der Waals surface area contributed by atoms with Crippen LogP contribution in [0.5, 0.6) is 11.5 Å². The van der Waals surface area contributed by atoms with E-state index in [9.17, 15) is 14.7 Å². The lowest BCUT2D eigenvalue weighted by Crippen LogP contribution is -2.45. The first-order valence-corrected chi connectivity index (χ1v) is 13.3. The van der Waals surface area contributed by atoms with Gasteiger partial charge in [-0.1, -0.05) is 64.4 Å². The Hall–Kier alpha value is -3.48. The molecule has 0 spiro atoms. The van der Waals surface area contributed by atoms with Gasteiger partial charge in [0.05, 0.1) is 24.2 Å². The van der Waals surface area contributed by atoms with E-state index < -0.39 is 11.6 Å². The number of ether oxygens (including phenoxy) is 2. The molecule has 0 saturated heterocycles. The van der Waals surface area contributed by atoms with Gasteiger partial charge in [-0.3, -0.25) is 9.69 Å². The number of hydrogen-bond donors (Lipinski definition) is 1. The van der Waals surface area contributed by atoms with Crippen LogP contribution in [0, 0.1) is 5.41 Å². The van der Waals surface area contributed by atoms with E-state index in [1.54, 1.807) is 10.6 Å². The lowest BCUT2D eigenvalue weighted by atomic mass is 9.96. The maximum absolute atomic E-state index is 14.0. The van der Waals surface area contributed by atoms with E-state index in [0.717, 1.165) is 18.4 Å². The van der Waals surface area contributed by atoms with Crippen LogP contribution in [0.3, 0.4) is 0 Å². The van der Waals surface area contributed by atoms with Gasteiger partial charge in [0.25, 0.3) is 5.56 Å². The highest BCUT2D eigenvalue weighted by atomic mass is 16.5. The van der Waals surface area contributed by atoms with Crippen molar-refractivity contribution in [1.82, 2.24) is 9.47 Å². The molecule has 1 heterocycles. The average Bonchev–Trinajstić information content (AvgIpc) is 2.83. The van der Waals surface area contributed by atoms with Crippen molar-refractivity contribution in [2.45, 2.75) is 86.5 Å². The van der Waals surface area contributed by atoms with Crippen molar-refractivity contribution in [1.29, 1.82) is 0 Å². The van der Waals surface area contributed by atoms with Crippen LogP contribution >= 0.6 is 0 Å². The van der Waals surface area contributed by atoms with Crippen LogP contribution in [0.25, 0.3) is 10.8 Å². The van der Waals surface area contributed by atoms with E-state index in [1.807, 2.05) is 63.2 Å². The first kappa shape index (κ1) is 29.1. The molecular weight excluding hydrogens is 480 g/mol. The quantitative estimate of drug-likeness (QED) is 0.288. The highest BCUT2D eigenvalue weighted by Crippen LogP contribution is 2.34. The van der Waals surface area contributed by atoms with Crippen LogP contribution in [0.1, 0.15) is 72.6 Å². The zero-order valence-electron chi connectivity index (χ0n) is 23.8. The standard InChI is InChI=1S/C31H42N2O5/c1-8-9-17-37-27-24-16-15-23(38-20-22-13-11-10-12-14-22)18-25(24)28(34)32(21-30(2,3)4)26(27)19-33(29(35)36)31(5,6)7/h10-16,18H,8-9,17,19-21H2,1-7H3,(H,35,36). The predicted octanol–water partition coefficient (Wildman–Crippen LogP) is 7.08. The van der Waals surface area contributed by atoms with E-state index in [-0.39, 0.29) is 17.5 Å². The number of aromatic nitrogens is 1. The van der Waals surface area contributed by atoms with E-state index in [4.69, 9.17) is 9.47 Å². The highest BCUT2D eigenvalue weighted by Gasteiger charge is 2.31. The summed E-state index contributed by atoms with van der Waals surface area (Å²) in [6.45, 7) is 15.1. The number of hydrogen-bond acceptors (Lipinski definition) is 4. The molecule has 206 valence electrons. The van der Waals surface area contributed by atoms with E-state index in [1.165, 1.54) is 4.90 Å². The topological polar surface area (TPSA) is 81.0 Å². The molecule has 0 bridgehead atoms. The summed E-state index contributed by atoms with van der Waals surface area (Å²) in [5.41, 5.74) is 0.525. The van der Waals surface area contributed by atoms with Gasteiger partial charge in [0.2, 0.25) is 0 Å². The van der Waals surface area contributed by atoms with Crippen LogP contribution in [0.15, 0.2) is 53.3 Å². The number of rotatable bonds is 10. The van der Waals surface area contributed by atoms with Crippen molar-refractivity contribution in [2.24, 2.45) is 5.41 Å². The summed E-state index contributed by atoms with van der Waals surface area (Å²) in [6.07, 6.45) is 0.756. The number of carbonyl (C=O) groups is 1. The van der Waals surface area contributed by atoms with E-state index >= 15 is 0 Å². The lowest BCUT2D eigenvalue weighted by Gasteiger charge is -2.35. The maximum atomic E-state index is 14.0. The van der Waals surface area contributed by atoms with Crippen molar-refractivity contribution < 1.29 is 19.4 Å². The van der Waals surface area contributed by atoms with E-state index in [2.05, 4.69) is 27.7 Å². The number of carboxylic acid groups (broad SMARTS) is 1. The molecule has 2 aromatic carbocycles. The molecule has 1 N–H and O–H groups in total. The molecule has 0 aliphatic heterocycles. The molecule has 1 amide bonds. The summed E-state index contributed by atoms with van der Waals surface area (Å²) in [7, 11) is 0. The molecule has 0 aliphatic carbocycles. The van der Waals surface area contributed by atoms with Crippen molar-refractivity contribution in [3.63, 3.8) is 0 Å². The second kappa shape index (κ2) is 11.9. The number of amides is 1. The fourth-order valence-electron chi connectivity index (χ4n) is 4.29. The number of fused-ring (bicyclic) bond motifs is 1. The molecule has 0 unspecified atom stereocenters. The number of benzene rings is 2. The smallest absolute Gasteiger partial charge is 0.408 e. The second-order valence-corrected chi connectivity index (χ2v) is 12.0. The number of unbranched alkanes of at least 4 members (excludes halogenated alkanes) is 1. The van der Waals surface area contributed by atoms with Crippen LogP contribution in [-0.2, 0) is 19.7 Å². The SMILES string of the molecule is CCCCOc1c(CN(C(=O)O)C(C)(C)C)n(CC(C)(C)C)c(=O)c2cc(OCc3ccccc3)ccc12. The molecule has 0 saturated carbocycles. The van der Waals surface area contributed by atoms with Gasteiger partial charge in [-0.2, -0.15) is 0 Å². The molecule has 0 fully saturated rings. The van der Waals surface area contributed by atoms with Gasteiger partial charge in [-0.15, -0.1) is 0 Å². The largest absolute Gasteiger partial charge is 0.491 e. The molecule has 3 rings (SSSR count). The van der Waals surface area contributed by atoms with Crippen LogP contribution < -0.4 is 15.0 Å². The van der Waals surface area contributed by atoms with Crippen molar-refractivity contribution in [3.8, 4) is 11.5 Å². The fraction of sp³-hybridized carbons (Fsp3) is 0.484. The Balaban J connectivity index is 2.21. The molecule has 38 heavy (non-hydrogen) atoms. The van der Waals surface area contributed by atoms with Gasteiger partial charge in [0.15, 0.2) is 0 Å². The summed E-state index contributed by atoms with van der Waals surface area (Å²) in [5.74, 6) is 1.15. The Kier molecular flexibility index (Phi) is 9.13. The van der Waals surface area contributed by atoms with Crippen molar-refractivity contribution in [2.75, 3.05) is 6.61 Å². The molecule has 0 atom stereocenters. The highest BCUT2D eigenvalue weighted by molar-refractivity contribution is 5.89. The van der Waals surface area contributed by atoms with Gasteiger partial charge < -0.3 is 19.1 Å². The normalized spacial score (nSPS) is 12.0. The first-order valence-electron chi connectivity index (χ1n) is 13.3. The van der Waals surface area contributed by atoms with Crippen LogP contribution in [-0.4, -0.2) is 32.8 Å². The Morgan fingerprint density at radius 3 is 2.24 bits per heavy atom. The summed E-state index contributed by atoms with van der Waals surface area (Å²) in [4.78, 5) is 27.7. The lowest BCUT2D eigenvalue weighted by molar-refractivity contribution is 0.0924. The minimum absolute atomic E-state index is 0.0355. The summed E-state index contributed by atoms with van der Waals surface area (Å²) >= 11 is 0. The Labute approximate surface area is 226 Å². The Bertz CT molecular complexity index is 1300. The minimum atomic E-state index is -1.04. The zero-order valence-corrected chi connectivity index (χ0v) is 23.8. The summed E-state index contributed by atoms with van der Waals surface area (Å²) in [5, 5.41) is 11.2. The zero-order chi connectivity index (χ0) is 28.1. The molecule has 7 nitrogen and oxygen atoms in total. The van der Waals surface area contributed by atoms with Gasteiger partial charge in [0, 0.05) is 17.5 Å². The van der Waals surface area contributed by atoms with Gasteiger partial charge in [0.1, 0.15) is 18.1 Å². The molecular formula is C31H42N2O5. The summed E-state index contributed by atoms with van der Waals surface area (Å²) in [6, 6.07) is 15.3. The minimum Gasteiger partial charge on any atom is -0.491 e. The third-order valence-electron chi connectivity index (χ3n) is 6.27.